The SMILES string of the molecule is OC(CCl)CNc1c(I)cc(Br)cc1I. The van der Waals surface area contributed by atoms with Crippen molar-refractivity contribution in [3.8, 4) is 0 Å². The van der Waals surface area contributed by atoms with Gasteiger partial charge in [-0.3, -0.25) is 0 Å². The summed E-state index contributed by atoms with van der Waals surface area (Å²) in [5.41, 5.74) is 1.04. The van der Waals surface area contributed by atoms with Gasteiger partial charge in [0.25, 0.3) is 0 Å². The Morgan fingerprint density at radius 2 is 1.93 bits per heavy atom. The molecule has 6 heteroatoms. The lowest BCUT2D eigenvalue weighted by Gasteiger charge is -2.13. The van der Waals surface area contributed by atoms with E-state index in [1.807, 2.05) is 12.1 Å². The molecule has 2 nitrogen and oxygen atoms in total. The highest BCUT2D eigenvalue weighted by molar-refractivity contribution is 14.1. The summed E-state index contributed by atoms with van der Waals surface area (Å²) in [6, 6.07) is 4.05. The Balaban J connectivity index is 2.77. The first-order valence-electron chi connectivity index (χ1n) is 4.17. The van der Waals surface area contributed by atoms with E-state index in [9.17, 15) is 5.11 Å². The predicted molar refractivity (Wildman–Crippen MR) is 84.8 cm³/mol. The van der Waals surface area contributed by atoms with Gasteiger partial charge in [0.05, 0.1) is 17.7 Å². The third kappa shape index (κ3) is 4.53. The Kier molecular flexibility index (Phi) is 6.50. The third-order valence-electron chi connectivity index (χ3n) is 1.70. The van der Waals surface area contributed by atoms with Crippen molar-refractivity contribution in [1.29, 1.82) is 0 Å². The fourth-order valence-corrected chi connectivity index (χ4v) is 4.56. The van der Waals surface area contributed by atoms with E-state index in [2.05, 4.69) is 66.4 Å². The largest absolute Gasteiger partial charge is 0.390 e. The molecular weight excluding hydrogens is 507 g/mol. The third-order valence-corrected chi connectivity index (χ3v) is 4.22. The molecule has 0 aliphatic heterocycles. The van der Waals surface area contributed by atoms with Crippen molar-refractivity contribution in [2.45, 2.75) is 6.10 Å². The van der Waals surface area contributed by atoms with Crippen LogP contribution in [0.25, 0.3) is 0 Å². The van der Waals surface area contributed by atoms with E-state index in [4.69, 9.17) is 11.6 Å². The van der Waals surface area contributed by atoms with Gasteiger partial charge < -0.3 is 10.4 Å². The smallest absolute Gasteiger partial charge is 0.0847 e. The second kappa shape index (κ2) is 6.83. The maximum Gasteiger partial charge on any atom is 0.0847 e. The Bertz CT molecular complexity index is 328. The summed E-state index contributed by atoms with van der Waals surface area (Å²) in [4.78, 5) is 0. The lowest BCUT2D eigenvalue weighted by atomic mass is 10.3. The molecule has 0 saturated heterocycles. The minimum absolute atomic E-state index is 0.247. The average Bonchev–Trinajstić information content (AvgIpc) is 2.15. The number of hydrogen-bond donors (Lipinski definition) is 2. The molecule has 1 aromatic rings. The molecule has 0 heterocycles. The first-order valence-corrected chi connectivity index (χ1v) is 7.65. The molecule has 0 aliphatic carbocycles. The molecule has 0 bridgehead atoms. The lowest BCUT2D eigenvalue weighted by Crippen LogP contribution is -2.21. The number of aliphatic hydroxyl groups is 1. The Morgan fingerprint density at radius 1 is 1.40 bits per heavy atom. The van der Waals surface area contributed by atoms with Crippen LogP contribution >= 0.6 is 72.7 Å². The summed E-state index contributed by atoms with van der Waals surface area (Å²) in [6.45, 7) is 0.469. The molecule has 0 aromatic heterocycles. The van der Waals surface area contributed by atoms with Gasteiger partial charge in [-0.05, 0) is 57.3 Å². The molecule has 1 rings (SSSR count). The number of aliphatic hydroxyl groups excluding tert-OH is 1. The fraction of sp³-hybridized carbons (Fsp3) is 0.333. The number of rotatable bonds is 4. The van der Waals surface area contributed by atoms with Crippen LogP contribution in [0, 0.1) is 7.14 Å². The number of alkyl halides is 1. The minimum atomic E-state index is -0.512. The highest BCUT2D eigenvalue weighted by atomic mass is 127. The standard InChI is InChI=1S/C9H9BrClI2NO/c10-5-1-7(12)9(8(13)2-5)14-4-6(15)3-11/h1-2,6,14-15H,3-4H2. The topological polar surface area (TPSA) is 32.3 Å². The molecule has 0 spiro atoms. The van der Waals surface area contributed by atoms with E-state index < -0.39 is 6.10 Å². The Labute approximate surface area is 130 Å². The van der Waals surface area contributed by atoms with E-state index >= 15 is 0 Å². The number of nitrogens with one attached hydrogen (secondary N) is 1. The molecule has 1 unspecified atom stereocenters. The molecule has 0 radical (unpaired) electrons. The van der Waals surface area contributed by atoms with Crippen molar-refractivity contribution >= 4 is 78.4 Å². The number of hydrogen-bond acceptors (Lipinski definition) is 2. The summed E-state index contributed by atoms with van der Waals surface area (Å²) in [5, 5.41) is 12.5. The first kappa shape index (κ1) is 14.3. The second-order valence-corrected chi connectivity index (χ2v) is 6.48. The molecule has 0 fully saturated rings. The van der Waals surface area contributed by atoms with Crippen LogP contribution in [-0.2, 0) is 0 Å². The Hall–Kier alpha value is 1.21. The average molecular weight is 516 g/mol. The fourth-order valence-electron chi connectivity index (χ4n) is 0.986. The summed E-state index contributed by atoms with van der Waals surface area (Å²) in [7, 11) is 0. The summed E-state index contributed by atoms with van der Waals surface area (Å²) in [5.74, 6) is 0.247. The van der Waals surface area contributed by atoms with Crippen molar-refractivity contribution in [3.63, 3.8) is 0 Å². The predicted octanol–water partition coefficient (Wildman–Crippen LogP) is 3.67. The van der Waals surface area contributed by atoms with Crippen LogP contribution < -0.4 is 5.32 Å². The monoisotopic (exact) mass is 515 g/mol. The highest BCUT2D eigenvalue weighted by Crippen LogP contribution is 2.28. The Morgan fingerprint density at radius 3 is 2.40 bits per heavy atom. The number of benzene rings is 1. The molecule has 15 heavy (non-hydrogen) atoms. The molecule has 1 atom stereocenters. The van der Waals surface area contributed by atoms with Crippen molar-refractivity contribution in [1.82, 2.24) is 0 Å². The maximum atomic E-state index is 9.35. The van der Waals surface area contributed by atoms with E-state index in [1.54, 1.807) is 0 Å². The molecule has 2 N–H and O–H groups in total. The zero-order valence-electron chi connectivity index (χ0n) is 7.61. The normalized spacial score (nSPS) is 12.6. The zero-order valence-corrected chi connectivity index (χ0v) is 14.3. The van der Waals surface area contributed by atoms with Crippen molar-refractivity contribution in [2.24, 2.45) is 0 Å². The van der Waals surface area contributed by atoms with Crippen molar-refractivity contribution < 1.29 is 5.11 Å². The summed E-state index contributed by atoms with van der Waals surface area (Å²) < 4.78 is 3.29. The van der Waals surface area contributed by atoms with E-state index in [0.717, 1.165) is 17.3 Å². The molecule has 1 aromatic carbocycles. The molecule has 0 amide bonds. The van der Waals surface area contributed by atoms with Gasteiger partial charge in [-0.25, -0.2) is 0 Å². The van der Waals surface area contributed by atoms with Gasteiger partial charge in [0, 0.05) is 18.2 Å². The quantitative estimate of drug-likeness (QED) is 0.473. The second-order valence-electron chi connectivity index (χ2n) is 2.93. The van der Waals surface area contributed by atoms with Gasteiger partial charge in [0.2, 0.25) is 0 Å². The van der Waals surface area contributed by atoms with Gasteiger partial charge in [0.1, 0.15) is 0 Å². The van der Waals surface area contributed by atoms with Crippen LogP contribution in [0.5, 0.6) is 0 Å². The van der Waals surface area contributed by atoms with Gasteiger partial charge in [-0.1, -0.05) is 15.9 Å². The molecule has 0 saturated carbocycles. The lowest BCUT2D eigenvalue weighted by molar-refractivity contribution is 0.211. The van der Waals surface area contributed by atoms with Gasteiger partial charge in [0.15, 0.2) is 0 Å². The van der Waals surface area contributed by atoms with E-state index in [1.165, 1.54) is 0 Å². The van der Waals surface area contributed by atoms with Crippen LogP contribution in [0.1, 0.15) is 0 Å². The summed E-state index contributed by atoms with van der Waals surface area (Å²) >= 11 is 13.5. The number of halogens is 4. The van der Waals surface area contributed by atoms with Gasteiger partial charge in [-0.2, -0.15) is 0 Å². The van der Waals surface area contributed by atoms with Gasteiger partial charge in [-0.15, -0.1) is 11.6 Å². The zero-order chi connectivity index (χ0) is 11.4. The maximum absolute atomic E-state index is 9.35. The van der Waals surface area contributed by atoms with Crippen LogP contribution in [0.4, 0.5) is 5.69 Å². The van der Waals surface area contributed by atoms with Crippen LogP contribution in [-0.4, -0.2) is 23.6 Å². The van der Waals surface area contributed by atoms with E-state index in [0.29, 0.717) is 6.54 Å². The van der Waals surface area contributed by atoms with Crippen LogP contribution in [0.3, 0.4) is 0 Å². The minimum Gasteiger partial charge on any atom is -0.390 e. The van der Waals surface area contributed by atoms with Crippen molar-refractivity contribution in [3.05, 3.63) is 23.7 Å². The highest BCUT2D eigenvalue weighted by Gasteiger charge is 2.08. The molecule has 0 aliphatic rings. The summed E-state index contributed by atoms with van der Waals surface area (Å²) in [6.07, 6.45) is -0.512. The molecular formula is C9H9BrClI2NO. The molecule has 84 valence electrons. The van der Waals surface area contributed by atoms with Crippen LogP contribution in [0.15, 0.2) is 16.6 Å². The van der Waals surface area contributed by atoms with Crippen molar-refractivity contribution in [2.75, 3.05) is 17.7 Å². The number of anilines is 1. The van der Waals surface area contributed by atoms with E-state index in [-0.39, 0.29) is 5.88 Å². The first-order chi connectivity index (χ1) is 7.04. The van der Waals surface area contributed by atoms with Crippen LogP contribution in [0.2, 0.25) is 0 Å². The van der Waals surface area contributed by atoms with Gasteiger partial charge >= 0.3 is 0 Å².